The Morgan fingerprint density at radius 1 is 0.667 bits per heavy atom. The van der Waals surface area contributed by atoms with Crippen LogP contribution in [0.5, 0.6) is 0 Å². The molecule has 1 aliphatic rings. The molecule has 1 aromatic heterocycles. The summed E-state index contributed by atoms with van der Waals surface area (Å²) in [5.41, 5.74) is 6.89. The number of hydrogen-bond donors (Lipinski definition) is 0. The van der Waals surface area contributed by atoms with Crippen molar-refractivity contribution >= 4 is 46.0 Å². The van der Waals surface area contributed by atoms with Crippen LogP contribution < -0.4 is 14.8 Å². The van der Waals surface area contributed by atoms with Crippen molar-refractivity contribution in [3.05, 3.63) is 108 Å². The van der Waals surface area contributed by atoms with Crippen LogP contribution >= 0.6 is 0 Å². The topological polar surface area (TPSA) is 35.0 Å². The number of nitrogens with zero attached hydrogens (tertiary/aromatic N) is 5. The third-order valence-electron chi connectivity index (χ3n) is 8.28. The van der Waals surface area contributed by atoms with Gasteiger partial charge in [-0.05, 0) is 87.4 Å². The number of rotatable bonds is 11. The second-order valence-corrected chi connectivity index (χ2v) is 10.7. The van der Waals surface area contributed by atoms with E-state index in [1.165, 1.54) is 22.5 Å². The van der Waals surface area contributed by atoms with E-state index in [1.807, 2.05) is 12.1 Å². The van der Waals surface area contributed by atoms with Crippen molar-refractivity contribution in [1.29, 1.82) is 0 Å². The van der Waals surface area contributed by atoms with Gasteiger partial charge in [0.1, 0.15) is 5.82 Å². The van der Waals surface area contributed by atoms with Gasteiger partial charge in [-0.15, -0.1) is 0 Å². The highest BCUT2D eigenvalue weighted by atomic mass is 15.5. The molecule has 3 aromatic carbocycles. The van der Waals surface area contributed by atoms with Crippen molar-refractivity contribution in [2.75, 3.05) is 41.0 Å². The van der Waals surface area contributed by atoms with E-state index in [1.54, 1.807) is 0 Å². The molecule has 4 aromatic rings. The smallest absolute Gasteiger partial charge is 0.150 e. The number of fused-ring (bicyclic) bond motifs is 1. The average molecular weight is 558 g/mol. The highest BCUT2D eigenvalue weighted by Crippen LogP contribution is 2.31. The van der Waals surface area contributed by atoms with Crippen molar-refractivity contribution in [2.24, 2.45) is 11.0 Å². The van der Waals surface area contributed by atoms with Gasteiger partial charge in [-0.3, -0.25) is 0 Å². The molecular weight excluding hydrogens is 514 g/mol. The number of aromatic nitrogens is 1. The molecule has 1 aliphatic heterocycles. The number of benzene rings is 3. The van der Waals surface area contributed by atoms with Crippen LogP contribution in [0.4, 0.5) is 17.2 Å². The summed E-state index contributed by atoms with van der Waals surface area (Å²) in [5, 5.41) is 8.34. The Hall–Kier alpha value is -4.38. The number of hydrogen-bond acceptors (Lipinski definition) is 5. The maximum Gasteiger partial charge on any atom is 0.150 e. The molecule has 42 heavy (non-hydrogen) atoms. The van der Waals surface area contributed by atoms with E-state index in [0.29, 0.717) is 0 Å². The van der Waals surface area contributed by atoms with Gasteiger partial charge in [0.05, 0.1) is 17.3 Å². The van der Waals surface area contributed by atoms with E-state index in [4.69, 9.17) is 10.1 Å². The molecule has 2 heterocycles. The van der Waals surface area contributed by atoms with Crippen LogP contribution in [0.15, 0.2) is 102 Å². The summed E-state index contributed by atoms with van der Waals surface area (Å²) in [6.07, 6.45) is 8.83. The van der Waals surface area contributed by atoms with Gasteiger partial charge in [0.25, 0.3) is 0 Å². The molecule has 216 valence electrons. The summed E-state index contributed by atoms with van der Waals surface area (Å²) in [6.45, 7) is 15.1. The van der Waals surface area contributed by atoms with Crippen LogP contribution in [-0.4, -0.2) is 42.9 Å². The Bertz CT molecular complexity index is 1540. The number of pyridine rings is 1. The van der Waals surface area contributed by atoms with Gasteiger partial charge >= 0.3 is 0 Å². The van der Waals surface area contributed by atoms with E-state index >= 15 is 0 Å². The predicted octanol–water partition coefficient (Wildman–Crippen LogP) is 8.53. The molecule has 0 radical (unpaired) electrons. The second kappa shape index (κ2) is 13.5. The molecule has 5 rings (SSSR count). The van der Waals surface area contributed by atoms with Gasteiger partial charge in [-0.25, -0.2) is 9.99 Å². The third kappa shape index (κ3) is 6.41. The lowest BCUT2D eigenvalue weighted by Crippen LogP contribution is -2.30. The molecule has 2 unspecified atom stereocenters. The molecule has 5 nitrogen and oxygen atoms in total. The zero-order valence-electron chi connectivity index (χ0n) is 25.6. The van der Waals surface area contributed by atoms with Crippen LogP contribution in [-0.2, 0) is 0 Å². The number of para-hydroxylation sites is 1. The summed E-state index contributed by atoms with van der Waals surface area (Å²) in [5.74, 6) is 1.05. The molecule has 0 aliphatic carbocycles. The molecule has 0 fully saturated rings. The van der Waals surface area contributed by atoms with Crippen LogP contribution in [0.25, 0.3) is 23.1 Å². The highest BCUT2D eigenvalue weighted by molar-refractivity contribution is 6.03. The first kappa shape index (κ1) is 29.1. The highest BCUT2D eigenvalue weighted by Gasteiger charge is 2.33. The monoisotopic (exact) mass is 557 g/mol. The van der Waals surface area contributed by atoms with Crippen molar-refractivity contribution < 1.29 is 0 Å². The zero-order valence-corrected chi connectivity index (χ0v) is 25.6. The Kier molecular flexibility index (Phi) is 9.38. The largest absolute Gasteiger partial charge is 0.372 e. The fourth-order valence-electron chi connectivity index (χ4n) is 5.65. The molecule has 0 saturated heterocycles. The molecule has 2 atom stereocenters. The minimum Gasteiger partial charge on any atom is -0.372 e. The lowest BCUT2D eigenvalue weighted by molar-refractivity contribution is 0.654. The molecule has 0 saturated carbocycles. The first-order valence-electron chi connectivity index (χ1n) is 15.3. The number of hydrazone groups is 1. The van der Waals surface area contributed by atoms with Gasteiger partial charge in [-0.2, -0.15) is 5.10 Å². The molecule has 0 N–H and O–H groups in total. The fourth-order valence-corrected chi connectivity index (χ4v) is 5.65. The maximum atomic E-state index is 5.12. The van der Waals surface area contributed by atoms with E-state index in [2.05, 4.69) is 147 Å². The number of anilines is 3. The summed E-state index contributed by atoms with van der Waals surface area (Å²) >= 11 is 0. The van der Waals surface area contributed by atoms with Crippen molar-refractivity contribution in [3.8, 4) is 0 Å². The van der Waals surface area contributed by atoms with Crippen molar-refractivity contribution in [2.45, 2.75) is 40.7 Å². The Morgan fingerprint density at radius 2 is 1.24 bits per heavy atom. The molecule has 0 bridgehead atoms. The van der Waals surface area contributed by atoms with E-state index in [-0.39, 0.29) is 12.0 Å². The average Bonchev–Trinajstić information content (AvgIpc) is 3.35. The standard InChI is InChI=1S/C37H43N5/c1-6-40(7-2)32-21-14-29(15-22-32)18-25-34-28(5)36(26-19-30-16-23-33(24-17-30)41(8-3)9-4)42(39-34)37-27-20-31-12-10-11-13-35(31)38-37/h10-28,36H,6-9H2,1-5H3. The minimum absolute atomic E-state index is 0.0470. The van der Waals surface area contributed by atoms with E-state index in [0.717, 1.165) is 48.6 Å². The van der Waals surface area contributed by atoms with Crippen LogP contribution in [0.2, 0.25) is 0 Å². The summed E-state index contributed by atoms with van der Waals surface area (Å²) in [7, 11) is 0. The van der Waals surface area contributed by atoms with Crippen molar-refractivity contribution in [3.63, 3.8) is 0 Å². The molecule has 0 spiro atoms. The quantitative estimate of drug-likeness (QED) is 0.185. The van der Waals surface area contributed by atoms with Crippen molar-refractivity contribution in [1.82, 2.24) is 4.98 Å². The first-order valence-corrected chi connectivity index (χ1v) is 15.3. The Morgan fingerprint density at radius 3 is 1.83 bits per heavy atom. The lowest BCUT2D eigenvalue weighted by Gasteiger charge is -2.23. The van der Waals surface area contributed by atoms with Crippen LogP contribution in [0.1, 0.15) is 45.7 Å². The third-order valence-corrected chi connectivity index (χ3v) is 8.28. The van der Waals surface area contributed by atoms with Gasteiger partial charge in [0, 0.05) is 48.9 Å². The van der Waals surface area contributed by atoms with Gasteiger partial charge < -0.3 is 9.80 Å². The van der Waals surface area contributed by atoms with E-state index in [9.17, 15) is 0 Å². The SMILES string of the molecule is CCN(CC)c1ccc(C=CC2=NN(c3ccc4ccccc4n3)C(C=Cc3ccc(N(CC)CC)cc3)C2C)cc1. The Balaban J connectivity index is 1.42. The number of allylic oxidation sites excluding steroid dienone is 1. The fraction of sp³-hybridized carbons (Fsp3) is 0.297. The normalized spacial score (nSPS) is 17.0. The maximum absolute atomic E-state index is 5.12. The summed E-state index contributed by atoms with van der Waals surface area (Å²) in [6, 6.07) is 30.1. The molecule has 0 amide bonds. The van der Waals surface area contributed by atoms with Gasteiger partial charge in [0.2, 0.25) is 0 Å². The molecule has 5 heteroatoms. The summed E-state index contributed by atoms with van der Waals surface area (Å²) < 4.78 is 0. The Labute approximate surface area is 251 Å². The molecular formula is C37H43N5. The second-order valence-electron chi connectivity index (χ2n) is 10.7. The minimum atomic E-state index is 0.0470. The summed E-state index contributed by atoms with van der Waals surface area (Å²) in [4.78, 5) is 9.72. The predicted molar refractivity (Wildman–Crippen MR) is 183 cm³/mol. The first-order chi connectivity index (χ1) is 20.5. The van der Waals surface area contributed by atoms with Crippen LogP contribution in [0.3, 0.4) is 0 Å². The van der Waals surface area contributed by atoms with Gasteiger partial charge in [0.15, 0.2) is 0 Å². The van der Waals surface area contributed by atoms with Crippen LogP contribution in [0, 0.1) is 5.92 Å². The zero-order chi connectivity index (χ0) is 29.5. The lowest BCUT2D eigenvalue weighted by atomic mass is 9.95. The van der Waals surface area contributed by atoms with Gasteiger partial charge in [-0.1, -0.05) is 67.6 Å². The van der Waals surface area contributed by atoms with E-state index < -0.39 is 0 Å².